The van der Waals surface area contributed by atoms with Crippen LogP contribution in [0.2, 0.25) is 0 Å². The fourth-order valence-electron chi connectivity index (χ4n) is 5.60. The first-order chi connectivity index (χ1) is 20.4. The Morgan fingerprint density at radius 1 is 0.976 bits per heavy atom. The molecule has 6 heteroatoms. The largest absolute Gasteiger partial charge is 0.444 e. The van der Waals surface area contributed by atoms with Crippen LogP contribution in [0, 0.1) is 6.92 Å². The third-order valence-electron chi connectivity index (χ3n) is 7.96. The number of halogens is 1. The SMILES string of the molecule is CCCCCCCCCCC/C=C/CC(Sc1ccc(C)cc1)[C@H]1OC(C)(C)N(C(=O)OCc2ccccc2)[C@@H]1CBr. The van der Waals surface area contributed by atoms with E-state index < -0.39 is 5.72 Å². The van der Waals surface area contributed by atoms with Gasteiger partial charge >= 0.3 is 6.09 Å². The molecule has 3 rings (SSSR count). The summed E-state index contributed by atoms with van der Waals surface area (Å²) in [6.07, 6.45) is 18.3. The second-order valence-electron chi connectivity index (χ2n) is 12.0. The molecule has 1 saturated heterocycles. The monoisotopic (exact) mass is 657 g/mol. The van der Waals surface area contributed by atoms with E-state index in [9.17, 15) is 4.79 Å². The van der Waals surface area contributed by atoms with Crippen LogP contribution in [0.25, 0.3) is 0 Å². The van der Waals surface area contributed by atoms with E-state index in [-0.39, 0.29) is 30.1 Å². The predicted molar refractivity (Wildman–Crippen MR) is 181 cm³/mol. The molecule has 1 heterocycles. The summed E-state index contributed by atoms with van der Waals surface area (Å²) in [6, 6.07) is 18.4. The van der Waals surface area contributed by atoms with E-state index in [0.29, 0.717) is 5.33 Å². The molecular weight excluding hydrogens is 606 g/mol. The summed E-state index contributed by atoms with van der Waals surface area (Å²) in [7, 11) is 0. The normalized spacial score (nSPS) is 18.9. The molecule has 232 valence electrons. The van der Waals surface area contributed by atoms with E-state index in [1.807, 2.05) is 55.9 Å². The molecule has 2 aromatic carbocycles. The second-order valence-corrected chi connectivity index (χ2v) is 13.9. The van der Waals surface area contributed by atoms with Crippen molar-refractivity contribution in [2.75, 3.05) is 5.33 Å². The van der Waals surface area contributed by atoms with Crippen molar-refractivity contribution >= 4 is 33.8 Å². The number of aryl methyl sites for hydroxylation is 1. The molecule has 42 heavy (non-hydrogen) atoms. The van der Waals surface area contributed by atoms with Gasteiger partial charge in [0, 0.05) is 15.5 Å². The van der Waals surface area contributed by atoms with Gasteiger partial charge < -0.3 is 9.47 Å². The minimum Gasteiger partial charge on any atom is -0.444 e. The molecule has 1 aliphatic heterocycles. The molecule has 0 bridgehead atoms. The van der Waals surface area contributed by atoms with Crippen molar-refractivity contribution < 1.29 is 14.3 Å². The van der Waals surface area contributed by atoms with E-state index in [4.69, 9.17) is 9.47 Å². The number of hydrogen-bond acceptors (Lipinski definition) is 4. The molecule has 1 aliphatic rings. The van der Waals surface area contributed by atoms with Gasteiger partial charge in [0.15, 0.2) is 0 Å². The molecule has 0 N–H and O–H groups in total. The average Bonchev–Trinajstić information content (AvgIpc) is 3.27. The zero-order valence-corrected chi connectivity index (χ0v) is 28.6. The number of ether oxygens (including phenoxy) is 2. The number of thioether (sulfide) groups is 1. The summed E-state index contributed by atoms with van der Waals surface area (Å²) in [5.74, 6) is 0. The summed E-state index contributed by atoms with van der Waals surface area (Å²) in [5.41, 5.74) is 1.45. The molecule has 0 aromatic heterocycles. The Labute approximate surface area is 268 Å². The topological polar surface area (TPSA) is 38.8 Å². The molecule has 1 amide bonds. The molecular formula is C36H52BrNO3S. The highest BCUT2D eigenvalue weighted by molar-refractivity contribution is 9.09. The Morgan fingerprint density at radius 3 is 2.26 bits per heavy atom. The van der Waals surface area contributed by atoms with Crippen molar-refractivity contribution in [3.63, 3.8) is 0 Å². The van der Waals surface area contributed by atoms with Crippen LogP contribution < -0.4 is 0 Å². The molecule has 0 aliphatic carbocycles. The van der Waals surface area contributed by atoms with Crippen molar-refractivity contribution in [2.24, 2.45) is 0 Å². The highest BCUT2D eigenvalue weighted by Crippen LogP contribution is 2.41. The predicted octanol–water partition coefficient (Wildman–Crippen LogP) is 10.9. The highest BCUT2D eigenvalue weighted by atomic mass is 79.9. The lowest BCUT2D eigenvalue weighted by atomic mass is 10.0. The summed E-state index contributed by atoms with van der Waals surface area (Å²) in [4.78, 5) is 16.4. The molecule has 1 unspecified atom stereocenters. The molecule has 2 aromatic rings. The number of alkyl halides is 1. The molecule has 0 spiro atoms. The van der Waals surface area contributed by atoms with E-state index in [1.54, 1.807) is 4.90 Å². The Balaban J connectivity index is 1.60. The van der Waals surface area contributed by atoms with Crippen LogP contribution in [0.3, 0.4) is 0 Å². The molecule has 4 nitrogen and oxygen atoms in total. The van der Waals surface area contributed by atoms with E-state index in [2.05, 4.69) is 66.2 Å². The van der Waals surface area contributed by atoms with Gasteiger partial charge in [0.25, 0.3) is 0 Å². The number of carbonyl (C=O) groups excluding carboxylic acids is 1. The van der Waals surface area contributed by atoms with Crippen LogP contribution in [-0.4, -0.2) is 39.4 Å². The maximum atomic E-state index is 13.4. The van der Waals surface area contributed by atoms with Crippen molar-refractivity contribution in [2.45, 2.75) is 133 Å². The van der Waals surface area contributed by atoms with E-state index >= 15 is 0 Å². The Hall–Kier alpha value is -1.76. The number of nitrogens with zero attached hydrogens (tertiary/aromatic N) is 1. The van der Waals surface area contributed by atoms with Crippen LogP contribution in [0.4, 0.5) is 4.79 Å². The van der Waals surface area contributed by atoms with Crippen molar-refractivity contribution in [1.29, 1.82) is 0 Å². The molecule has 0 radical (unpaired) electrons. The van der Waals surface area contributed by atoms with Crippen molar-refractivity contribution in [1.82, 2.24) is 4.90 Å². The van der Waals surface area contributed by atoms with Gasteiger partial charge in [0.2, 0.25) is 0 Å². The van der Waals surface area contributed by atoms with Crippen LogP contribution in [0.1, 0.15) is 103 Å². The minimum atomic E-state index is -0.775. The maximum absolute atomic E-state index is 13.4. The highest BCUT2D eigenvalue weighted by Gasteiger charge is 2.52. The summed E-state index contributed by atoms with van der Waals surface area (Å²) in [5, 5.41) is 0.773. The Kier molecular flexibility index (Phi) is 15.5. The third-order valence-corrected chi connectivity index (χ3v) is 9.93. The number of benzene rings is 2. The van der Waals surface area contributed by atoms with Crippen LogP contribution in [-0.2, 0) is 16.1 Å². The number of amides is 1. The number of unbranched alkanes of at least 4 members (excludes halogenated alkanes) is 9. The van der Waals surface area contributed by atoms with Gasteiger partial charge in [-0.1, -0.05) is 134 Å². The van der Waals surface area contributed by atoms with Gasteiger partial charge in [-0.3, -0.25) is 4.90 Å². The number of allylic oxidation sites excluding steroid dienone is 2. The summed E-state index contributed by atoms with van der Waals surface area (Å²) >= 11 is 5.57. The van der Waals surface area contributed by atoms with Crippen LogP contribution in [0.15, 0.2) is 71.6 Å². The number of rotatable bonds is 18. The number of hydrogen-bond donors (Lipinski definition) is 0. The Morgan fingerprint density at radius 2 is 1.62 bits per heavy atom. The summed E-state index contributed by atoms with van der Waals surface area (Å²) in [6.45, 7) is 8.58. The van der Waals surface area contributed by atoms with Gasteiger partial charge in [0.1, 0.15) is 12.3 Å². The standard InChI is InChI=1S/C36H52BrNO3S/c1-5-6-7-8-9-10-11-12-13-14-15-19-22-33(42-31-25-23-29(2)24-26-31)34-32(27-37)38(36(3,4)41-34)35(39)40-28-30-20-17-16-18-21-30/h15-21,23-26,32-34H,5-14,22,27-28H2,1-4H3/b19-15+/t32-,33?,34+/m1/s1. The second kappa shape index (κ2) is 18.8. The minimum absolute atomic E-state index is 0.142. The smallest absolute Gasteiger partial charge is 0.412 e. The first-order valence-electron chi connectivity index (χ1n) is 16.0. The summed E-state index contributed by atoms with van der Waals surface area (Å²) < 4.78 is 12.5. The molecule has 3 atom stereocenters. The van der Waals surface area contributed by atoms with Crippen LogP contribution >= 0.6 is 27.7 Å². The molecule has 1 fully saturated rings. The van der Waals surface area contributed by atoms with Gasteiger partial charge in [0.05, 0.1) is 12.1 Å². The first kappa shape index (κ1) is 34.7. The Bertz CT molecular complexity index is 1060. The van der Waals surface area contributed by atoms with Gasteiger partial charge in [-0.2, -0.15) is 0 Å². The lowest BCUT2D eigenvalue weighted by molar-refractivity contribution is -0.0705. The zero-order valence-electron chi connectivity index (χ0n) is 26.2. The quantitative estimate of drug-likeness (QED) is 0.0692. The van der Waals surface area contributed by atoms with E-state index in [0.717, 1.165) is 18.4 Å². The van der Waals surface area contributed by atoms with Crippen molar-refractivity contribution in [3.05, 3.63) is 77.9 Å². The fraction of sp³-hybridized carbons (Fsp3) is 0.583. The van der Waals surface area contributed by atoms with Crippen molar-refractivity contribution in [3.8, 4) is 0 Å². The van der Waals surface area contributed by atoms with Crippen LogP contribution in [0.5, 0.6) is 0 Å². The van der Waals surface area contributed by atoms with E-state index in [1.165, 1.54) is 68.2 Å². The average molecular weight is 659 g/mol. The van der Waals surface area contributed by atoms with Gasteiger partial charge in [-0.25, -0.2) is 4.79 Å². The first-order valence-corrected chi connectivity index (χ1v) is 18.0. The van der Waals surface area contributed by atoms with Gasteiger partial charge in [-0.15, -0.1) is 11.8 Å². The fourth-order valence-corrected chi connectivity index (χ4v) is 7.48. The zero-order chi connectivity index (χ0) is 30.2. The molecule has 0 saturated carbocycles. The third kappa shape index (κ3) is 11.4. The maximum Gasteiger partial charge on any atom is 0.412 e. The lowest BCUT2D eigenvalue weighted by Crippen LogP contribution is -2.50. The van der Waals surface area contributed by atoms with Gasteiger partial charge in [-0.05, 0) is 57.7 Å². The lowest BCUT2D eigenvalue weighted by Gasteiger charge is -2.32. The number of carbonyl (C=O) groups is 1.